The number of carbonyl (C=O) groups is 1. The third kappa shape index (κ3) is 2.23. The first-order chi connectivity index (χ1) is 11.2. The van der Waals surface area contributed by atoms with Gasteiger partial charge in [0.1, 0.15) is 11.5 Å². The van der Waals surface area contributed by atoms with Crippen molar-refractivity contribution in [3.8, 4) is 11.5 Å². The highest BCUT2D eigenvalue weighted by Gasteiger charge is 2.42. The molecular formula is C18H19NO4. The smallest absolute Gasteiger partial charge is 0.161 e. The number of rotatable bonds is 3. The second-order valence-electron chi connectivity index (χ2n) is 6.07. The number of ether oxygens (including phenoxy) is 2. The third-order valence-corrected chi connectivity index (χ3v) is 4.87. The molecule has 120 valence electrons. The van der Waals surface area contributed by atoms with Crippen molar-refractivity contribution in [3.63, 3.8) is 0 Å². The highest BCUT2D eigenvalue weighted by molar-refractivity contribution is 5.81. The lowest BCUT2D eigenvalue weighted by Crippen LogP contribution is -2.35. The molecule has 0 spiro atoms. The number of hydrogen-bond acceptors (Lipinski definition) is 5. The van der Waals surface area contributed by atoms with Gasteiger partial charge in [0.05, 0.1) is 26.5 Å². The highest BCUT2D eigenvalue weighted by Crippen LogP contribution is 2.49. The molecule has 23 heavy (non-hydrogen) atoms. The molecule has 0 N–H and O–H groups in total. The molecule has 1 fully saturated rings. The van der Waals surface area contributed by atoms with Gasteiger partial charge in [-0.3, -0.25) is 9.69 Å². The molecule has 0 radical (unpaired) electrons. The van der Waals surface area contributed by atoms with Crippen LogP contribution in [0, 0.1) is 0 Å². The van der Waals surface area contributed by atoms with Crippen molar-refractivity contribution in [1.29, 1.82) is 0 Å². The molecule has 2 aromatic rings. The minimum Gasteiger partial charge on any atom is -0.493 e. The van der Waals surface area contributed by atoms with Gasteiger partial charge in [0.25, 0.3) is 0 Å². The number of piperidine rings is 1. The van der Waals surface area contributed by atoms with Crippen LogP contribution in [-0.4, -0.2) is 24.9 Å². The predicted molar refractivity (Wildman–Crippen MR) is 83.5 cm³/mol. The molecule has 1 aromatic carbocycles. The van der Waals surface area contributed by atoms with E-state index in [9.17, 15) is 4.79 Å². The first kappa shape index (κ1) is 14.3. The van der Waals surface area contributed by atoms with Crippen molar-refractivity contribution < 1.29 is 18.7 Å². The van der Waals surface area contributed by atoms with E-state index < -0.39 is 0 Å². The van der Waals surface area contributed by atoms with Crippen LogP contribution in [0.1, 0.15) is 41.8 Å². The third-order valence-electron chi connectivity index (χ3n) is 4.87. The molecule has 5 heteroatoms. The van der Waals surface area contributed by atoms with Crippen molar-refractivity contribution in [2.24, 2.45) is 0 Å². The largest absolute Gasteiger partial charge is 0.493 e. The van der Waals surface area contributed by atoms with Gasteiger partial charge in [0.2, 0.25) is 0 Å². The van der Waals surface area contributed by atoms with Crippen LogP contribution >= 0.6 is 0 Å². The van der Waals surface area contributed by atoms with Gasteiger partial charge in [-0.25, -0.2) is 0 Å². The van der Waals surface area contributed by atoms with Gasteiger partial charge in [-0.1, -0.05) is 0 Å². The minimum absolute atomic E-state index is 0.000592. The Balaban J connectivity index is 1.76. The molecule has 5 nitrogen and oxygen atoms in total. The normalized spacial score (nSPS) is 23.5. The van der Waals surface area contributed by atoms with E-state index in [4.69, 9.17) is 13.9 Å². The van der Waals surface area contributed by atoms with Crippen LogP contribution in [0.5, 0.6) is 11.5 Å². The van der Waals surface area contributed by atoms with E-state index in [1.165, 1.54) is 5.56 Å². The average Bonchev–Trinajstić information content (AvgIpc) is 3.20. The Hall–Kier alpha value is -2.27. The maximum atomic E-state index is 12.3. The SMILES string of the molecule is COc1cc2c(cc1OC)[C@@H]1CC(=O)C[C@@H](c3ccco3)N1C2. The standard InChI is InChI=1S/C18H19NO4/c1-21-17-6-11-10-19-14(13(11)9-18(17)22-2)7-12(20)8-15(19)16-4-3-5-23-16/h3-6,9,14-15H,7-8,10H2,1-2H3/t14-,15-/m0/s1. The number of methoxy groups -OCH3 is 2. The number of ketones is 1. The Labute approximate surface area is 134 Å². The van der Waals surface area contributed by atoms with Crippen LogP contribution in [0.25, 0.3) is 0 Å². The molecule has 0 saturated carbocycles. The van der Waals surface area contributed by atoms with Gasteiger partial charge >= 0.3 is 0 Å². The van der Waals surface area contributed by atoms with E-state index in [-0.39, 0.29) is 17.9 Å². The second kappa shape index (κ2) is 5.42. The monoisotopic (exact) mass is 313 g/mol. The summed E-state index contributed by atoms with van der Waals surface area (Å²) in [7, 11) is 3.27. The molecular weight excluding hydrogens is 294 g/mol. The van der Waals surface area contributed by atoms with Crippen LogP contribution in [-0.2, 0) is 11.3 Å². The number of carbonyl (C=O) groups excluding carboxylic acids is 1. The summed E-state index contributed by atoms with van der Waals surface area (Å²) in [5.74, 6) is 2.57. The Bertz CT molecular complexity index is 738. The van der Waals surface area contributed by atoms with Crippen LogP contribution in [0.15, 0.2) is 34.9 Å². The van der Waals surface area contributed by atoms with Gasteiger partial charge in [-0.05, 0) is 35.4 Å². The molecule has 4 rings (SSSR count). The molecule has 0 unspecified atom stereocenters. The maximum absolute atomic E-state index is 12.3. The van der Waals surface area contributed by atoms with Crippen LogP contribution in [0.2, 0.25) is 0 Å². The van der Waals surface area contributed by atoms with E-state index in [0.29, 0.717) is 18.6 Å². The fourth-order valence-electron chi connectivity index (χ4n) is 3.80. The summed E-state index contributed by atoms with van der Waals surface area (Å²) in [5.41, 5.74) is 2.35. The molecule has 0 bridgehead atoms. The first-order valence-electron chi connectivity index (χ1n) is 7.77. The first-order valence-corrected chi connectivity index (χ1v) is 7.77. The van der Waals surface area contributed by atoms with Crippen LogP contribution < -0.4 is 9.47 Å². The van der Waals surface area contributed by atoms with Crippen molar-refractivity contribution in [1.82, 2.24) is 4.90 Å². The van der Waals surface area contributed by atoms with Crippen molar-refractivity contribution in [3.05, 3.63) is 47.4 Å². The van der Waals surface area contributed by atoms with Gasteiger partial charge < -0.3 is 13.9 Å². The summed E-state index contributed by atoms with van der Waals surface area (Å²) in [4.78, 5) is 14.6. The number of furan rings is 1. The van der Waals surface area contributed by atoms with Crippen molar-refractivity contribution in [2.75, 3.05) is 14.2 Å². The molecule has 3 heterocycles. The van der Waals surface area contributed by atoms with Crippen LogP contribution in [0.3, 0.4) is 0 Å². The lowest BCUT2D eigenvalue weighted by atomic mass is 9.91. The Morgan fingerprint density at radius 3 is 2.57 bits per heavy atom. The van der Waals surface area contributed by atoms with Gasteiger partial charge in [0.15, 0.2) is 11.5 Å². The van der Waals surface area contributed by atoms with Gasteiger partial charge in [-0.15, -0.1) is 0 Å². The summed E-state index contributed by atoms with van der Waals surface area (Å²) < 4.78 is 16.4. The van der Waals surface area contributed by atoms with E-state index in [1.54, 1.807) is 20.5 Å². The van der Waals surface area contributed by atoms with Crippen LogP contribution in [0.4, 0.5) is 0 Å². The lowest BCUT2D eigenvalue weighted by molar-refractivity contribution is -0.126. The molecule has 2 atom stereocenters. The summed E-state index contributed by atoms with van der Waals surface area (Å²) in [6.07, 6.45) is 2.71. The fraction of sp³-hybridized carbons (Fsp3) is 0.389. The fourth-order valence-corrected chi connectivity index (χ4v) is 3.80. The Kier molecular flexibility index (Phi) is 3.38. The zero-order valence-corrected chi connectivity index (χ0v) is 13.2. The second-order valence-corrected chi connectivity index (χ2v) is 6.07. The molecule has 0 aliphatic carbocycles. The van der Waals surface area contributed by atoms with Crippen molar-refractivity contribution >= 4 is 5.78 Å². The molecule has 0 amide bonds. The van der Waals surface area contributed by atoms with Crippen molar-refractivity contribution in [2.45, 2.75) is 31.5 Å². The number of fused-ring (bicyclic) bond motifs is 3. The van der Waals surface area contributed by atoms with Gasteiger partial charge in [-0.2, -0.15) is 0 Å². The van der Waals surface area contributed by atoms with E-state index >= 15 is 0 Å². The quantitative estimate of drug-likeness (QED) is 0.870. The topological polar surface area (TPSA) is 51.9 Å². The number of benzene rings is 1. The van der Waals surface area contributed by atoms with Gasteiger partial charge in [0, 0.05) is 25.4 Å². The number of Topliss-reactive ketones (excluding diaryl/α,β-unsaturated/α-hetero) is 1. The summed E-state index contributed by atoms with van der Waals surface area (Å²) in [5, 5.41) is 0. The average molecular weight is 313 g/mol. The summed E-state index contributed by atoms with van der Waals surface area (Å²) in [6.45, 7) is 0.791. The molecule has 1 aromatic heterocycles. The maximum Gasteiger partial charge on any atom is 0.161 e. The molecule has 2 aliphatic rings. The van der Waals surface area contributed by atoms with E-state index in [2.05, 4.69) is 4.90 Å². The number of nitrogens with zero attached hydrogens (tertiary/aromatic N) is 1. The predicted octanol–water partition coefficient (Wildman–Crippen LogP) is 3.26. The zero-order valence-electron chi connectivity index (χ0n) is 13.2. The summed E-state index contributed by atoms with van der Waals surface area (Å²) in [6, 6.07) is 7.94. The highest BCUT2D eigenvalue weighted by atomic mass is 16.5. The number of hydrogen-bond donors (Lipinski definition) is 0. The van der Waals surface area contributed by atoms with E-state index in [1.807, 2.05) is 24.3 Å². The van der Waals surface area contributed by atoms with E-state index in [0.717, 1.165) is 23.6 Å². The molecule has 2 aliphatic heterocycles. The Morgan fingerprint density at radius 1 is 1.13 bits per heavy atom. The Morgan fingerprint density at radius 2 is 1.87 bits per heavy atom. The summed E-state index contributed by atoms with van der Waals surface area (Å²) >= 11 is 0. The lowest BCUT2D eigenvalue weighted by Gasteiger charge is -2.36. The zero-order chi connectivity index (χ0) is 16.0. The molecule has 1 saturated heterocycles. The minimum atomic E-state index is 0.000592.